The van der Waals surface area contributed by atoms with Crippen LogP contribution in [0.3, 0.4) is 0 Å². The first-order valence-electron chi connectivity index (χ1n) is 10.9. The molecule has 156 valence electrons. The second-order valence-corrected chi connectivity index (χ2v) is 8.48. The maximum Gasteiger partial charge on any atom is 0.224 e. The fourth-order valence-corrected chi connectivity index (χ4v) is 4.65. The zero-order chi connectivity index (χ0) is 20.1. The number of carbonyl (C=O) groups excluding carboxylic acids is 1. The SMILES string of the molecule is Cc1cc(CNC(=O)[C@H]2CCCN(C3CCN(Cc4ccccc4)CC3)C2)on1. The molecule has 0 bridgehead atoms. The Balaban J connectivity index is 1.23. The third-order valence-electron chi connectivity index (χ3n) is 6.26. The monoisotopic (exact) mass is 396 g/mol. The van der Waals surface area contributed by atoms with E-state index in [1.165, 1.54) is 18.4 Å². The molecule has 1 amide bonds. The number of nitrogens with one attached hydrogen (secondary N) is 1. The van der Waals surface area contributed by atoms with E-state index in [4.69, 9.17) is 4.52 Å². The second kappa shape index (κ2) is 9.55. The summed E-state index contributed by atoms with van der Waals surface area (Å²) >= 11 is 0. The molecule has 2 saturated heterocycles. The maximum atomic E-state index is 12.7. The number of aryl methyl sites for hydroxylation is 1. The minimum Gasteiger partial charge on any atom is -0.359 e. The molecule has 6 heteroatoms. The summed E-state index contributed by atoms with van der Waals surface area (Å²) in [7, 11) is 0. The molecule has 1 N–H and O–H groups in total. The minimum absolute atomic E-state index is 0.0788. The molecule has 1 aromatic carbocycles. The van der Waals surface area contributed by atoms with Gasteiger partial charge in [-0.15, -0.1) is 0 Å². The number of rotatable bonds is 6. The van der Waals surface area contributed by atoms with E-state index in [0.29, 0.717) is 18.3 Å². The van der Waals surface area contributed by atoms with E-state index < -0.39 is 0 Å². The van der Waals surface area contributed by atoms with Crippen molar-refractivity contribution in [3.8, 4) is 0 Å². The van der Waals surface area contributed by atoms with Crippen LogP contribution in [0, 0.1) is 12.8 Å². The van der Waals surface area contributed by atoms with Gasteiger partial charge < -0.3 is 9.84 Å². The van der Waals surface area contributed by atoms with Crippen molar-refractivity contribution in [3.63, 3.8) is 0 Å². The lowest BCUT2D eigenvalue weighted by molar-refractivity contribution is -0.127. The number of aromatic nitrogens is 1. The zero-order valence-corrected chi connectivity index (χ0v) is 17.3. The summed E-state index contributed by atoms with van der Waals surface area (Å²) in [5.74, 6) is 0.940. The Kier molecular flexibility index (Phi) is 6.62. The van der Waals surface area contributed by atoms with Crippen molar-refractivity contribution in [2.75, 3.05) is 26.2 Å². The summed E-state index contributed by atoms with van der Waals surface area (Å²) in [4.78, 5) is 17.8. The smallest absolute Gasteiger partial charge is 0.224 e. The van der Waals surface area contributed by atoms with E-state index >= 15 is 0 Å². The molecule has 0 spiro atoms. The highest BCUT2D eigenvalue weighted by Gasteiger charge is 2.31. The van der Waals surface area contributed by atoms with Gasteiger partial charge in [0.25, 0.3) is 0 Å². The van der Waals surface area contributed by atoms with Crippen molar-refractivity contribution < 1.29 is 9.32 Å². The van der Waals surface area contributed by atoms with Gasteiger partial charge in [0.05, 0.1) is 18.2 Å². The molecular weight excluding hydrogens is 364 g/mol. The van der Waals surface area contributed by atoms with Crippen LogP contribution in [-0.2, 0) is 17.9 Å². The molecule has 3 heterocycles. The summed E-state index contributed by atoms with van der Waals surface area (Å²) in [6, 6.07) is 13.2. The highest BCUT2D eigenvalue weighted by Crippen LogP contribution is 2.25. The number of piperidine rings is 2. The Hall–Kier alpha value is -2.18. The van der Waals surface area contributed by atoms with E-state index in [1.807, 2.05) is 13.0 Å². The molecule has 0 unspecified atom stereocenters. The van der Waals surface area contributed by atoms with Gasteiger partial charge in [-0.05, 0) is 57.8 Å². The summed E-state index contributed by atoms with van der Waals surface area (Å²) in [5.41, 5.74) is 2.24. The molecule has 4 rings (SSSR count). The van der Waals surface area contributed by atoms with Gasteiger partial charge in [-0.3, -0.25) is 14.6 Å². The average molecular weight is 397 g/mol. The van der Waals surface area contributed by atoms with Gasteiger partial charge in [-0.2, -0.15) is 0 Å². The largest absolute Gasteiger partial charge is 0.359 e. The van der Waals surface area contributed by atoms with Crippen molar-refractivity contribution in [1.29, 1.82) is 0 Å². The first-order valence-corrected chi connectivity index (χ1v) is 10.9. The fourth-order valence-electron chi connectivity index (χ4n) is 4.65. The predicted octanol–water partition coefficient (Wildman–Crippen LogP) is 2.98. The minimum atomic E-state index is 0.0788. The normalized spacial score (nSPS) is 21.9. The van der Waals surface area contributed by atoms with Crippen LogP contribution in [0.15, 0.2) is 40.9 Å². The van der Waals surface area contributed by atoms with Crippen molar-refractivity contribution in [1.82, 2.24) is 20.3 Å². The number of hydrogen-bond donors (Lipinski definition) is 1. The first kappa shape index (κ1) is 20.1. The third kappa shape index (κ3) is 5.46. The van der Waals surface area contributed by atoms with Gasteiger partial charge in [0.2, 0.25) is 5.91 Å². The molecule has 2 aliphatic heterocycles. The molecule has 6 nitrogen and oxygen atoms in total. The molecule has 2 aromatic rings. The van der Waals surface area contributed by atoms with Crippen molar-refractivity contribution in [2.24, 2.45) is 5.92 Å². The number of likely N-dealkylation sites (tertiary alicyclic amines) is 2. The Morgan fingerprint density at radius 1 is 1.17 bits per heavy atom. The lowest BCUT2D eigenvalue weighted by atomic mass is 9.93. The molecule has 29 heavy (non-hydrogen) atoms. The Bertz CT molecular complexity index is 783. The molecule has 1 aromatic heterocycles. The predicted molar refractivity (Wildman–Crippen MR) is 112 cm³/mol. The molecule has 1 atom stereocenters. The van der Waals surface area contributed by atoms with Crippen LogP contribution in [-0.4, -0.2) is 53.1 Å². The third-order valence-corrected chi connectivity index (χ3v) is 6.26. The van der Waals surface area contributed by atoms with Crippen molar-refractivity contribution >= 4 is 5.91 Å². The molecule has 0 saturated carbocycles. The Morgan fingerprint density at radius 2 is 1.97 bits per heavy atom. The van der Waals surface area contributed by atoms with Crippen LogP contribution in [0.5, 0.6) is 0 Å². The number of nitrogens with zero attached hydrogens (tertiary/aromatic N) is 3. The zero-order valence-electron chi connectivity index (χ0n) is 17.3. The summed E-state index contributed by atoms with van der Waals surface area (Å²) < 4.78 is 5.19. The van der Waals surface area contributed by atoms with Gasteiger partial charge in [0.15, 0.2) is 5.76 Å². The lowest BCUT2D eigenvalue weighted by Gasteiger charge is -2.42. The summed E-state index contributed by atoms with van der Waals surface area (Å²) in [5, 5.41) is 6.91. The van der Waals surface area contributed by atoms with Crippen LogP contribution in [0.1, 0.15) is 42.7 Å². The van der Waals surface area contributed by atoms with Gasteiger partial charge in [0, 0.05) is 25.2 Å². The van der Waals surface area contributed by atoms with Crippen molar-refractivity contribution in [3.05, 3.63) is 53.4 Å². The highest BCUT2D eigenvalue weighted by molar-refractivity contribution is 5.78. The Morgan fingerprint density at radius 3 is 2.69 bits per heavy atom. The topological polar surface area (TPSA) is 61.6 Å². The van der Waals surface area contributed by atoms with Crippen LogP contribution < -0.4 is 5.32 Å². The standard InChI is InChI=1S/C23H32N4O2/c1-18-14-22(29-25-18)15-24-23(28)20-8-5-11-27(17-20)21-9-12-26(13-10-21)16-19-6-3-2-4-7-19/h2-4,6-7,14,20-21H,5,8-13,15-17H2,1H3,(H,24,28)/t20-/m0/s1. The van der Waals surface area contributed by atoms with Crippen LogP contribution in [0.4, 0.5) is 0 Å². The lowest BCUT2D eigenvalue weighted by Crippen LogP contribution is -2.50. The molecule has 0 radical (unpaired) electrons. The number of carbonyl (C=O) groups is 1. The molecule has 2 aliphatic rings. The first-order chi connectivity index (χ1) is 14.2. The summed E-state index contributed by atoms with van der Waals surface area (Å²) in [6.45, 7) is 7.63. The van der Waals surface area contributed by atoms with Crippen LogP contribution >= 0.6 is 0 Å². The Labute approximate surface area is 173 Å². The van der Waals surface area contributed by atoms with Gasteiger partial charge in [-0.25, -0.2) is 0 Å². The maximum absolute atomic E-state index is 12.7. The second-order valence-electron chi connectivity index (χ2n) is 8.48. The summed E-state index contributed by atoms with van der Waals surface area (Å²) in [6.07, 6.45) is 4.46. The molecule has 2 fully saturated rings. The molecular formula is C23H32N4O2. The average Bonchev–Trinajstić information content (AvgIpc) is 3.18. The highest BCUT2D eigenvalue weighted by atomic mass is 16.5. The van der Waals surface area contributed by atoms with Crippen LogP contribution in [0.2, 0.25) is 0 Å². The van der Waals surface area contributed by atoms with E-state index in [-0.39, 0.29) is 11.8 Å². The van der Waals surface area contributed by atoms with E-state index in [0.717, 1.165) is 51.3 Å². The van der Waals surface area contributed by atoms with Gasteiger partial charge in [-0.1, -0.05) is 35.5 Å². The van der Waals surface area contributed by atoms with Gasteiger partial charge in [0.1, 0.15) is 0 Å². The van der Waals surface area contributed by atoms with E-state index in [2.05, 4.69) is 50.6 Å². The van der Waals surface area contributed by atoms with E-state index in [1.54, 1.807) is 0 Å². The number of benzene rings is 1. The number of amides is 1. The molecule has 0 aliphatic carbocycles. The van der Waals surface area contributed by atoms with Gasteiger partial charge >= 0.3 is 0 Å². The number of hydrogen-bond acceptors (Lipinski definition) is 5. The van der Waals surface area contributed by atoms with Crippen LogP contribution in [0.25, 0.3) is 0 Å². The van der Waals surface area contributed by atoms with Crippen molar-refractivity contribution in [2.45, 2.75) is 51.7 Å². The van der Waals surface area contributed by atoms with E-state index in [9.17, 15) is 4.79 Å². The fraction of sp³-hybridized carbons (Fsp3) is 0.565. The quantitative estimate of drug-likeness (QED) is 0.813.